The lowest BCUT2D eigenvalue weighted by Crippen LogP contribution is -2.40. The summed E-state index contributed by atoms with van der Waals surface area (Å²) in [5.41, 5.74) is 0.0842. The molecule has 0 aliphatic carbocycles. The molecule has 0 unspecified atom stereocenters. The Bertz CT molecular complexity index is 748. The summed E-state index contributed by atoms with van der Waals surface area (Å²) in [4.78, 5) is 26.8. The molecule has 0 aromatic heterocycles. The van der Waals surface area contributed by atoms with Gasteiger partial charge in [0, 0.05) is 29.7 Å². The summed E-state index contributed by atoms with van der Waals surface area (Å²) < 4.78 is 0. The molecule has 24 heavy (non-hydrogen) atoms. The van der Waals surface area contributed by atoms with Crippen molar-refractivity contribution in [3.05, 3.63) is 70.2 Å². The van der Waals surface area contributed by atoms with E-state index in [1.807, 2.05) is 0 Å². The highest BCUT2D eigenvalue weighted by Crippen LogP contribution is 2.19. The second-order valence-corrected chi connectivity index (χ2v) is 6.79. The van der Waals surface area contributed by atoms with Crippen LogP contribution >= 0.6 is 11.6 Å². The smallest absolute Gasteiger partial charge is 0.254 e. The number of hydrogen-bond acceptors (Lipinski definition) is 3. The maximum Gasteiger partial charge on any atom is 0.254 e. The van der Waals surface area contributed by atoms with Gasteiger partial charge in [0.05, 0.1) is 11.2 Å². The first-order valence-electron chi connectivity index (χ1n) is 7.56. The molecule has 2 aromatic rings. The van der Waals surface area contributed by atoms with Crippen molar-refractivity contribution in [3.8, 4) is 0 Å². The van der Waals surface area contributed by atoms with Crippen molar-refractivity contribution < 1.29 is 14.7 Å². The predicted molar refractivity (Wildman–Crippen MR) is 94.6 cm³/mol. The molecule has 126 valence electrons. The van der Waals surface area contributed by atoms with Crippen LogP contribution in [0.15, 0.2) is 48.5 Å². The lowest BCUT2D eigenvalue weighted by atomic mass is 9.97. The number of amides is 1. The fourth-order valence-electron chi connectivity index (χ4n) is 2.48. The van der Waals surface area contributed by atoms with E-state index in [1.165, 1.54) is 4.90 Å². The molecule has 5 heteroatoms. The number of carbonyl (C=O) groups is 2. The second kappa shape index (κ2) is 7.16. The zero-order valence-electron chi connectivity index (χ0n) is 13.9. The molecular formula is C19H20ClNO3. The average Bonchev–Trinajstić information content (AvgIpc) is 2.52. The van der Waals surface area contributed by atoms with E-state index in [4.69, 9.17) is 11.6 Å². The van der Waals surface area contributed by atoms with Crippen LogP contribution in [0.5, 0.6) is 0 Å². The SMILES string of the molecule is CN(CC(C)(C)O)C(=O)c1ccccc1C(=O)c1ccc(Cl)cc1. The minimum Gasteiger partial charge on any atom is -0.389 e. The molecule has 1 amide bonds. The molecule has 1 N–H and O–H groups in total. The van der Waals surface area contributed by atoms with E-state index in [2.05, 4.69) is 0 Å². The summed E-state index contributed by atoms with van der Waals surface area (Å²) in [6.07, 6.45) is 0. The highest BCUT2D eigenvalue weighted by Gasteiger charge is 2.24. The van der Waals surface area contributed by atoms with Gasteiger partial charge in [0.15, 0.2) is 5.78 Å². The molecule has 0 bridgehead atoms. The minimum absolute atomic E-state index is 0.162. The largest absolute Gasteiger partial charge is 0.389 e. The molecule has 0 fully saturated rings. The summed E-state index contributed by atoms with van der Waals surface area (Å²) in [6, 6.07) is 13.2. The molecule has 0 heterocycles. The van der Waals surface area contributed by atoms with Gasteiger partial charge in [-0.1, -0.05) is 29.8 Å². The Hall–Kier alpha value is -2.17. The van der Waals surface area contributed by atoms with Crippen molar-refractivity contribution in [2.24, 2.45) is 0 Å². The number of rotatable bonds is 5. The van der Waals surface area contributed by atoms with E-state index in [9.17, 15) is 14.7 Å². The first-order chi connectivity index (χ1) is 11.2. The van der Waals surface area contributed by atoms with Gasteiger partial charge < -0.3 is 10.0 Å². The lowest BCUT2D eigenvalue weighted by molar-refractivity contribution is 0.0367. The van der Waals surface area contributed by atoms with Crippen LogP contribution in [0.25, 0.3) is 0 Å². The molecule has 4 nitrogen and oxygen atoms in total. The monoisotopic (exact) mass is 345 g/mol. The van der Waals surface area contributed by atoms with Crippen LogP contribution in [0, 0.1) is 0 Å². The minimum atomic E-state index is -1.01. The van der Waals surface area contributed by atoms with Crippen molar-refractivity contribution in [1.29, 1.82) is 0 Å². The van der Waals surface area contributed by atoms with Gasteiger partial charge in [0.25, 0.3) is 5.91 Å². The molecule has 0 aliphatic rings. The Morgan fingerprint density at radius 1 is 1.04 bits per heavy atom. The summed E-state index contributed by atoms with van der Waals surface area (Å²) in [7, 11) is 1.60. The van der Waals surface area contributed by atoms with Crippen molar-refractivity contribution in [2.45, 2.75) is 19.4 Å². The number of benzene rings is 2. The Labute approximate surface area is 146 Å². The summed E-state index contributed by atoms with van der Waals surface area (Å²) in [6.45, 7) is 3.42. The Kier molecular flexibility index (Phi) is 5.42. The molecule has 0 aliphatic heterocycles. The molecule has 0 atom stereocenters. The standard InChI is InChI=1S/C19H20ClNO3/c1-19(2,24)12-21(3)18(23)16-7-5-4-6-15(16)17(22)13-8-10-14(20)11-9-13/h4-11,24H,12H2,1-3H3. The van der Waals surface area contributed by atoms with Gasteiger partial charge >= 0.3 is 0 Å². The Morgan fingerprint density at radius 3 is 2.12 bits per heavy atom. The maximum absolute atomic E-state index is 12.7. The third-order valence-electron chi connectivity index (χ3n) is 3.48. The Balaban J connectivity index is 2.35. The van der Waals surface area contributed by atoms with Gasteiger partial charge in [0.2, 0.25) is 0 Å². The van der Waals surface area contributed by atoms with Gasteiger partial charge in [-0.05, 0) is 44.2 Å². The topological polar surface area (TPSA) is 57.6 Å². The van der Waals surface area contributed by atoms with Crippen LogP contribution in [0.3, 0.4) is 0 Å². The molecular weight excluding hydrogens is 326 g/mol. The van der Waals surface area contributed by atoms with Crippen LogP contribution in [0.1, 0.15) is 40.1 Å². The highest BCUT2D eigenvalue weighted by atomic mass is 35.5. The fraction of sp³-hybridized carbons (Fsp3) is 0.263. The van der Waals surface area contributed by atoms with Crippen molar-refractivity contribution >= 4 is 23.3 Å². The van der Waals surface area contributed by atoms with Gasteiger partial charge in [0.1, 0.15) is 0 Å². The van der Waals surface area contributed by atoms with E-state index in [0.29, 0.717) is 21.7 Å². The van der Waals surface area contributed by atoms with E-state index in [-0.39, 0.29) is 18.2 Å². The van der Waals surface area contributed by atoms with Gasteiger partial charge in [-0.25, -0.2) is 0 Å². The maximum atomic E-state index is 12.7. The van der Waals surface area contributed by atoms with Gasteiger partial charge in [-0.15, -0.1) is 0 Å². The number of ketones is 1. The average molecular weight is 346 g/mol. The number of halogens is 1. The molecule has 0 saturated carbocycles. The molecule has 2 rings (SSSR count). The summed E-state index contributed by atoms with van der Waals surface area (Å²) >= 11 is 5.85. The Morgan fingerprint density at radius 2 is 1.58 bits per heavy atom. The van der Waals surface area contributed by atoms with Crippen LogP contribution in [-0.2, 0) is 0 Å². The van der Waals surface area contributed by atoms with Crippen molar-refractivity contribution in [3.63, 3.8) is 0 Å². The molecule has 2 aromatic carbocycles. The van der Waals surface area contributed by atoms with Gasteiger partial charge in [-0.2, -0.15) is 0 Å². The third-order valence-corrected chi connectivity index (χ3v) is 3.73. The zero-order valence-corrected chi connectivity index (χ0v) is 14.7. The van der Waals surface area contributed by atoms with Crippen LogP contribution in [0.2, 0.25) is 5.02 Å². The quantitative estimate of drug-likeness (QED) is 0.845. The highest BCUT2D eigenvalue weighted by molar-refractivity contribution is 6.30. The van der Waals surface area contributed by atoms with E-state index in [0.717, 1.165) is 0 Å². The first-order valence-corrected chi connectivity index (χ1v) is 7.94. The first kappa shape index (κ1) is 18.2. The molecule has 0 spiro atoms. The van der Waals surface area contributed by atoms with Crippen LogP contribution in [-0.4, -0.2) is 40.9 Å². The van der Waals surface area contributed by atoms with E-state index < -0.39 is 5.60 Å². The van der Waals surface area contributed by atoms with Crippen molar-refractivity contribution in [2.75, 3.05) is 13.6 Å². The third kappa shape index (κ3) is 4.43. The van der Waals surface area contributed by atoms with E-state index in [1.54, 1.807) is 69.4 Å². The van der Waals surface area contributed by atoms with Crippen LogP contribution < -0.4 is 0 Å². The predicted octanol–water partition coefficient (Wildman–Crippen LogP) is 3.41. The lowest BCUT2D eigenvalue weighted by Gasteiger charge is -2.26. The van der Waals surface area contributed by atoms with Crippen molar-refractivity contribution in [1.82, 2.24) is 4.90 Å². The number of hydrogen-bond donors (Lipinski definition) is 1. The number of nitrogens with zero attached hydrogens (tertiary/aromatic N) is 1. The second-order valence-electron chi connectivity index (χ2n) is 6.36. The number of likely N-dealkylation sites (N-methyl/N-ethyl adjacent to an activating group) is 1. The normalized spacial score (nSPS) is 11.2. The fourth-order valence-corrected chi connectivity index (χ4v) is 2.61. The summed E-state index contributed by atoms with van der Waals surface area (Å²) in [5, 5.41) is 10.4. The van der Waals surface area contributed by atoms with E-state index >= 15 is 0 Å². The summed E-state index contributed by atoms with van der Waals surface area (Å²) in [5.74, 6) is -0.553. The number of aliphatic hydroxyl groups is 1. The molecule has 0 radical (unpaired) electrons. The number of carbonyl (C=O) groups excluding carboxylic acids is 2. The van der Waals surface area contributed by atoms with Crippen LogP contribution in [0.4, 0.5) is 0 Å². The zero-order chi connectivity index (χ0) is 17.9. The molecule has 0 saturated heterocycles. The van der Waals surface area contributed by atoms with Gasteiger partial charge in [-0.3, -0.25) is 9.59 Å².